The van der Waals surface area contributed by atoms with Crippen LogP contribution in [0, 0.1) is 5.82 Å². The van der Waals surface area contributed by atoms with Gasteiger partial charge >= 0.3 is 0 Å². The van der Waals surface area contributed by atoms with Gasteiger partial charge in [-0.05, 0) is 59.5 Å². The van der Waals surface area contributed by atoms with Crippen molar-refractivity contribution in [1.82, 2.24) is 20.1 Å². The minimum absolute atomic E-state index is 0.0251. The molecule has 2 aromatic carbocycles. The Morgan fingerprint density at radius 1 is 1.00 bits per heavy atom. The molecular weight excluding hydrogens is 475 g/mol. The van der Waals surface area contributed by atoms with E-state index in [1.165, 1.54) is 64.8 Å². The summed E-state index contributed by atoms with van der Waals surface area (Å²) >= 11 is 1.36. The van der Waals surface area contributed by atoms with Crippen LogP contribution in [0.15, 0.2) is 95.2 Å². The Hall–Kier alpha value is -3.89. The molecule has 0 aliphatic heterocycles. The van der Waals surface area contributed by atoms with Gasteiger partial charge in [0.2, 0.25) is 9.84 Å². The van der Waals surface area contributed by atoms with Crippen molar-refractivity contribution in [3.8, 4) is 5.69 Å². The standard InChI is InChI=1S/C24H17FN4O3S2/c25-18-3-5-19(6-4-18)29-15-21(13-28-29)34(31,32)20-7-1-16(2-8-20)12-27-24(30)22-11-17-9-10-26-14-23(17)33-22/h1-11,13-15H,12H2,(H,27,30). The highest BCUT2D eigenvalue weighted by molar-refractivity contribution is 7.91. The van der Waals surface area contributed by atoms with Gasteiger partial charge in [-0.2, -0.15) is 5.10 Å². The highest BCUT2D eigenvalue weighted by Gasteiger charge is 2.20. The van der Waals surface area contributed by atoms with E-state index >= 15 is 0 Å². The Morgan fingerprint density at radius 2 is 1.76 bits per heavy atom. The van der Waals surface area contributed by atoms with E-state index in [2.05, 4.69) is 15.4 Å². The number of fused-ring (bicyclic) bond motifs is 1. The van der Waals surface area contributed by atoms with E-state index in [0.717, 1.165) is 15.6 Å². The van der Waals surface area contributed by atoms with E-state index in [1.807, 2.05) is 12.1 Å². The molecule has 0 atom stereocenters. The Bertz CT molecular complexity index is 1560. The van der Waals surface area contributed by atoms with Gasteiger partial charge in [-0.1, -0.05) is 12.1 Å². The number of rotatable bonds is 6. The van der Waals surface area contributed by atoms with Crippen LogP contribution in [0.1, 0.15) is 15.2 Å². The van der Waals surface area contributed by atoms with Crippen molar-refractivity contribution in [2.45, 2.75) is 16.3 Å². The van der Waals surface area contributed by atoms with E-state index in [1.54, 1.807) is 24.5 Å². The fraction of sp³-hybridized carbons (Fsp3) is 0.0417. The second kappa shape index (κ2) is 8.81. The lowest BCUT2D eigenvalue weighted by molar-refractivity contribution is 0.0955. The molecule has 0 aliphatic rings. The molecule has 3 heterocycles. The Kier molecular flexibility index (Phi) is 5.68. The molecule has 0 fully saturated rings. The fourth-order valence-electron chi connectivity index (χ4n) is 3.37. The number of amides is 1. The molecule has 7 nitrogen and oxygen atoms in total. The maximum absolute atomic E-state index is 13.1. The zero-order valence-electron chi connectivity index (χ0n) is 17.6. The number of hydrogen-bond acceptors (Lipinski definition) is 6. The number of pyridine rings is 1. The van der Waals surface area contributed by atoms with Gasteiger partial charge in [-0.25, -0.2) is 17.5 Å². The summed E-state index contributed by atoms with van der Waals surface area (Å²) in [5.74, 6) is -0.591. The summed E-state index contributed by atoms with van der Waals surface area (Å²) in [6.07, 6.45) is 6.05. The van der Waals surface area contributed by atoms with Gasteiger partial charge in [-0.3, -0.25) is 9.78 Å². The lowest BCUT2D eigenvalue weighted by Gasteiger charge is -2.06. The van der Waals surface area contributed by atoms with Crippen LogP contribution in [-0.2, 0) is 16.4 Å². The fourth-order valence-corrected chi connectivity index (χ4v) is 5.51. The molecule has 5 aromatic rings. The number of thiophene rings is 1. The average Bonchev–Trinajstić information content (AvgIpc) is 3.51. The second-order valence-electron chi connectivity index (χ2n) is 7.45. The van der Waals surface area contributed by atoms with Crippen molar-refractivity contribution in [2.24, 2.45) is 0 Å². The van der Waals surface area contributed by atoms with E-state index in [9.17, 15) is 17.6 Å². The maximum Gasteiger partial charge on any atom is 0.261 e. The first-order valence-electron chi connectivity index (χ1n) is 10.2. The lowest BCUT2D eigenvalue weighted by atomic mass is 10.2. The summed E-state index contributed by atoms with van der Waals surface area (Å²) in [6, 6.07) is 15.6. The van der Waals surface area contributed by atoms with E-state index in [-0.39, 0.29) is 28.1 Å². The third-order valence-electron chi connectivity index (χ3n) is 5.19. The molecule has 5 rings (SSSR count). The van der Waals surface area contributed by atoms with E-state index in [4.69, 9.17) is 0 Å². The average molecular weight is 493 g/mol. The number of sulfone groups is 1. The van der Waals surface area contributed by atoms with Gasteiger partial charge in [0.15, 0.2) is 0 Å². The van der Waals surface area contributed by atoms with Crippen LogP contribution in [-0.4, -0.2) is 29.1 Å². The molecular formula is C24H17FN4O3S2. The summed E-state index contributed by atoms with van der Waals surface area (Å²) in [7, 11) is -3.79. The zero-order chi connectivity index (χ0) is 23.7. The quantitative estimate of drug-likeness (QED) is 0.380. The summed E-state index contributed by atoms with van der Waals surface area (Å²) < 4.78 is 41.4. The first kappa shape index (κ1) is 21.9. The van der Waals surface area contributed by atoms with Crippen molar-refractivity contribution < 1.29 is 17.6 Å². The molecule has 10 heteroatoms. The molecule has 0 spiro atoms. The lowest BCUT2D eigenvalue weighted by Crippen LogP contribution is -2.21. The summed E-state index contributed by atoms with van der Waals surface area (Å²) in [5, 5.41) is 7.90. The zero-order valence-corrected chi connectivity index (χ0v) is 19.2. The molecule has 0 bridgehead atoms. The number of benzene rings is 2. The van der Waals surface area contributed by atoms with Gasteiger partial charge in [0.1, 0.15) is 10.7 Å². The van der Waals surface area contributed by atoms with Crippen molar-refractivity contribution >= 4 is 37.2 Å². The largest absolute Gasteiger partial charge is 0.347 e. The van der Waals surface area contributed by atoms with Gasteiger partial charge in [-0.15, -0.1) is 11.3 Å². The number of nitrogens with zero attached hydrogens (tertiary/aromatic N) is 3. The number of nitrogens with one attached hydrogen (secondary N) is 1. The monoisotopic (exact) mass is 492 g/mol. The van der Waals surface area contributed by atoms with Crippen LogP contribution in [0.25, 0.3) is 15.8 Å². The van der Waals surface area contributed by atoms with Gasteiger partial charge < -0.3 is 5.32 Å². The number of halogens is 1. The maximum atomic E-state index is 13.1. The SMILES string of the molecule is O=C(NCc1ccc(S(=O)(=O)c2cnn(-c3ccc(F)cc3)c2)cc1)c1cc2ccncc2s1. The van der Waals surface area contributed by atoms with Gasteiger partial charge in [0.25, 0.3) is 5.91 Å². The van der Waals surface area contributed by atoms with E-state index in [0.29, 0.717) is 10.6 Å². The summed E-state index contributed by atoms with van der Waals surface area (Å²) in [5.41, 5.74) is 1.31. The van der Waals surface area contributed by atoms with Crippen LogP contribution >= 0.6 is 11.3 Å². The molecule has 0 unspecified atom stereocenters. The third-order valence-corrected chi connectivity index (χ3v) is 8.00. The molecule has 3 aromatic heterocycles. The Labute approximate surface area is 198 Å². The number of hydrogen-bond donors (Lipinski definition) is 1. The molecule has 0 saturated heterocycles. The van der Waals surface area contributed by atoms with Crippen LogP contribution in [0.2, 0.25) is 0 Å². The number of aromatic nitrogens is 3. The van der Waals surface area contributed by atoms with Crippen LogP contribution in [0.5, 0.6) is 0 Å². The minimum atomic E-state index is -3.79. The predicted octanol–water partition coefficient (Wildman–Crippen LogP) is 4.38. The highest BCUT2D eigenvalue weighted by Crippen LogP contribution is 2.25. The first-order valence-corrected chi connectivity index (χ1v) is 12.5. The predicted molar refractivity (Wildman–Crippen MR) is 126 cm³/mol. The topological polar surface area (TPSA) is 94.0 Å². The normalized spacial score (nSPS) is 11.6. The molecule has 34 heavy (non-hydrogen) atoms. The molecule has 1 amide bonds. The Morgan fingerprint density at radius 3 is 2.50 bits per heavy atom. The molecule has 170 valence electrons. The van der Waals surface area contributed by atoms with Gasteiger partial charge in [0.05, 0.1) is 26.4 Å². The van der Waals surface area contributed by atoms with Crippen molar-refractivity contribution in [3.05, 3.63) is 102 Å². The second-order valence-corrected chi connectivity index (χ2v) is 10.5. The molecule has 0 radical (unpaired) electrons. The van der Waals surface area contributed by atoms with Gasteiger partial charge in [0, 0.05) is 25.1 Å². The summed E-state index contributed by atoms with van der Waals surface area (Å²) in [6.45, 7) is 0.258. The van der Waals surface area contributed by atoms with Crippen LogP contribution in [0.3, 0.4) is 0 Å². The van der Waals surface area contributed by atoms with Crippen LogP contribution < -0.4 is 5.32 Å². The molecule has 0 aliphatic carbocycles. The first-order chi connectivity index (χ1) is 16.4. The minimum Gasteiger partial charge on any atom is -0.347 e. The smallest absolute Gasteiger partial charge is 0.261 e. The van der Waals surface area contributed by atoms with Crippen molar-refractivity contribution in [2.75, 3.05) is 0 Å². The van der Waals surface area contributed by atoms with Crippen molar-refractivity contribution in [3.63, 3.8) is 0 Å². The van der Waals surface area contributed by atoms with E-state index < -0.39 is 9.84 Å². The molecule has 1 N–H and O–H groups in total. The number of carbonyl (C=O) groups is 1. The number of carbonyl (C=O) groups excluding carboxylic acids is 1. The summed E-state index contributed by atoms with van der Waals surface area (Å²) in [4.78, 5) is 17.3. The third kappa shape index (κ3) is 4.33. The van der Waals surface area contributed by atoms with Crippen LogP contribution in [0.4, 0.5) is 4.39 Å². The Balaban J connectivity index is 1.27. The molecule has 0 saturated carbocycles. The highest BCUT2D eigenvalue weighted by atomic mass is 32.2. The van der Waals surface area contributed by atoms with Crippen molar-refractivity contribution in [1.29, 1.82) is 0 Å².